The number of para-hydroxylation sites is 1. The first-order chi connectivity index (χ1) is 14.1. The number of nitriles is 1. The second-order valence-electron chi connectivity index (χ2n) is 7.58. The summed E-state index contributed by atoms with van der Waals surface area (Å²) in [6, 6.07) is 16.7. The third kappa shape index (κ3) is 2.49. The highest BCUT2D eigenvalue weighted by atomic mass is 16.5. The largest absolute Gasteiger partial charge is 0.444 e. The Kier molecular flexibility index (Phi) is 3.95. The molecule has 5 heteroatoms. The zero-order chi connectivity index (χ0) is 20.1. The Morgan fingerprint density at radius 1 is 1.17 bits per heavy atom. The highest BCUT2D eigenvalue weighted by molar-refractivity contribution is 6.08. The number of Topliss-reactive ketones (excluding diaryl/α,β-unsaturated/α-hetero) is 1. The van der Waals surface area contributed by atoms with Crippen LogP contribution < -0.4 is 5.73 Å². The topological polar surface area (TPSA) is 81.0 Å². The molecule has 1 unspecified atom stereocenters. The molecular formula is C24H21N3O2. The van der Waals surface area contributed by atoms with Crippen LogP contribution in [0.15, 0.2) is 65.3 Å². The van der Waals surface area contributed by atoms with Crippen molar-refractivity contribution in [1.29, 1.82) is 5.26 Å². The molecule has 1 atom stereocenters. The molecule has 0 bridgehead atoms. The molecule has 5 nitrogen and oxygen atoms in total. The predicted octanol–water partition coefficient (Wildman–Crippen LogP) is 4.63. The molecule has 2 heterocycles. The molecule has 0 fully saturated rings. The molecule has 0 amide bonds. The normalized spacial score (nSPS) is 19.4. The van der Waals surface area contributed by atoms with Crippen LogP contribution in [0.2, 0.25) is 0 Å². The standard InChI is InChI=1S/C24H21N3O2/c1-2-27-18-7-4-3-6-15(18)16-11-10-14(12-19(16)27)22-17(13-25)24(26)29-21-9-5-8-20(28)23(21)22/h3-4,6-7,10-12,22H,2,5,8-9,26H2,1H3. The van der Waals surface area contributed by atoms with Crippen molar-refractivity contribution in [2.45, 2.75) is 38.6 Å². The van der Waals surface area contributed by atoms with Crippen LogP contribution in [0.4, 0.5) is 0 Å². The number of ketones is 1. The number of allylic oxidation sites excluding steroid dienone is 3. The van der Waals surface area contributed by atoms with E-state index in [4.69, 9.17) is 10.5 Å². The summed E-state index contributed by atoms with van der Waals surface area (Å²) in [6.07, 6.45) is 1.91. The number of carbonyl (C=O) groups excluding carboxylic acids is 1. The van der Waals surface area contributed by atoms with E-state index in [9.17, 15) is 10.1 Å². The van der Waals surface area contributed by atoms with Gasteiger partial charge >= 0.3 is 0 Å². The zero-order valence-electron chi connectivity index (χ0n) is 16.2. The highest BCUT2D eigenvalue weighted by Gasteiger charge is 2.38. The van der Waals surface area contributed by atoms with Crippen molar-refractivity contribution in [2.24, 2.45) is 5.73 Å². The molecule has 5 rings (SSSR count). The van der Waals surface area contributed by atoms with E-state index >= 15 is 0 Å². The van der Waals surface area contributed by atoms with E-state index < -0.39 is 5.92 Å². The fraction of sp³-hybridized carbons (Fsp3) is 0.250. The van der Waals surface area contributed by atoms with Crippen LogP contribution >= 0.6 is 0 Å². The Balaban J connectivity index is 1.78. The number of ether oxygens (including phenoxy) is 1. The molecule has 0 saturated heterocycles. The summed E-state index contributed by atoms with van der Waals surface area (Å²) >= 11 is 0. The summed E-state index contributed by atoms with van der Waals surface area (Å²) in [5.41, 5.74) is 10.2. The van der Waals surface area contributed by atoms with Crippen molar-refractivity contribution in [3.05, 3.63) is 70.8 Å². The Morgan fingerprint density at radius 3 is 2.76 bits per heavy atom. The molecule has 2 N–H and O–H groups in total. The maximum absolute atomic E-state index is 12.8. The van der Waals surface area contributed by atoms with Crippen molar-refractivity contribution in [3.63, 3.8) is 0 Å². The molecule has 144 valence electrons. The smallest absolute Gasteiger partial charge is 0.205 e. The van der Waals surface area contributed by atoms with Crippen molar-refractivity contribution < 1.29 is 9.53 Å². The molecule has 1 aliphatic carbocycles. The second kappa shape index (κ2) is 6.52. The van der Waals surface area contributed by atoms with Crippen molar-refractivity contribution in [1.82, 2.24) is 4.57 Å². The van der Waals surface area contributed by atoms with E-state index in [1.165, 1.54) is 10.9 Å². The number of hydrogen-bond donors (Lipinski definition) is 1. The van der Waals surface area contributed by atoms with Gasteiger partial charge in [-0.3, -0.25) is 4.79 Å². The number of carbonyl (C=O) groups is 1. The van der Waals surface area contributed by atoms with Gasteiger partial charge in [-0.05, 0) is 31.0 Å². The lowest BCUT2D eigenvalue weighted by molar-refractivity contribution is -0.116. The monoisotopic (exact) mass is 383 g/mol. The fourth-order valence-corrected chi connectivity index (χ4v) is 4.78. The van der Waals surface area contributed by atoms with Crippen molar-refractivity contribution in [2.75, 3.05) is 0 Å². The number of aromatic nitrogens is 1. The lowest BCUT2D eigenvalue weighted by Gasteiger charge is -2.31. The van der Waals surface area contributed by atoms with Gasteiger partial charge in [-0.2, -0.15) is 5.26 Å². The van der Waals surface area contributed by atoms with Gasteiger partial charge in [0.1, 0.15) is 17.4 Å². The lowest BCUT2D eigenvalue weighted by atomic mass is 9.77. The highest BCUT2D eigenvalue weighted by Crippen LogP contribution is 2.44. The third-order valence-corrected chi connectivity index (χ3v) is 6.05. The molecule has 2 aromatic carbocycles. The molecule has 0 spiro atoms. The lowest BCUT2D eigenvalue weighted by Crippen LogP contribution is -2.27. The molecule has 29 heavy (non-hydrogen) atoms. The minimum atomic E-state index is -0.468. The summed E-state index contributed by atoms with van der Waals surface area (Å²) in [7, 11) is 0. The predicted molar refractivity (Wildman–Crippen MR) is 112 cm³/mol. The van der Waals surface area contributed by atoms with Gasteiger partial charge in [0, 0.05) is 46.8 Å². The Morgan fingerprint density at radius 2 is 1.97 bits per heavy atom. The summed E-state index contributed by atoms with van der Waals surface area (Å²) in [6.45, 7) is 2.95. The van der Waals surface area contributed by atoms with E-state index in [1.54, 1.807) is 0 Å². The average Bonchev–Trinajstić information content (AvgIpc) is 3.05. The number of aryl methyl sites for hydroxylation is 1. The molecule has 1 aromatic heterocycles. The van der Waals surface area contributed by atoms with Crippen LogP contribution in [0.1, 0.15) is 37.7 Å². The van der Waals surface area contributed by atoms with E-state index in [0.29, 0.717) is 29.7 Å². The number of fused-ring (bicyclic) bond motifs is 3. The zero-order valence-corrected chi connectivity index (χ0v) is 16.2. The van der Waals surface area contributed by atoms with Gasteiger partial charge in [0.15, 0.2) is 5.78 Å². The minimum absolute atomic E-state index is 0.0487. The maximum atomic E-state index is 12.8. The molecule has 0 radical (unpaired) electrons. The molecule has 3 aromatic rings. The van der Waals surface area contributed by atoms with E-state index in [-0.39, 0.29) is 11.7 Å². The molecular weight excluding hydrogens is 362 g/mol. The van der Waals surface area contributed by atoms with Gasteiger partial charge in [0.2, 0.25) is 5.88 Å². The fourth-order valence-electron chi connectivity index (χ4n) is 4.78. The van der Waals surface area contributed by atoms with E-state index in [1.807, 2.05) is 18.2 Å². The molecule has 0 saturated carbocycles. The summed E-state index contributed by atoms with van der Waals surface area (Å²) in [5.74, 6) is 0.317. The van der Waals surface area contributed by atoms with Crippen LogP contribution in [-0.4, -0.2) is 10.4 Å². The van der Waals surface area contributed by atoms with Crippen LogP contribution in [0, 0.1) is 11.3 Å². The van der Waals surface area contributed by atoms with Gasteiger partial charge < -0.3 is 15.0 Å². The van der Waals surface area contributed by atoms with Crippen LogP contribution in [0.3, 0.4) is 0 Å². The molecule has 1 aliphatic heterocycles. The molecule has 2 aliphatic rings. The van der Waals surface area contributed by atoms with Crippen molar-refractivity contribution in [3.8, 4) is 6.07 Å². The Hall–Kier alpha value is -3.52. The number of nitrogens with two attached hydrogens (primary N) is 1. The average molecular weight is 383 g/mol. The summed E-state index contributed by atoms with van der Waals surface area (Å²) in [5, 5.41) is 12.2. The summed E-state index contributed by atoms with van der Waals surface area (Å²) < 4.78 is 7.95. The van der Waals surface area contributed by atoms with Gasteiger partial charge in [0.25, 0.3) is 0 Å². The first-order valence-corrected chi connectivity index (χ1v) is 9.98. The number of nitrogens with zero attached hydrogens (tertiary/aromatic N) is 2. The van der Waals surface area contributed by atoms with Crippen molar-refractivity contribution >= 4 is 27.6 Å². The van der Waals surface area contributed by atoms with Crippen LogP contribution in [-0.2, 0) is 16.1 Å². The third-order valence-electron chi connectivity index (χ3n) is 6.05. The van der Waals surface area contributed by atoms with Gasteiger partial charge in [-0.25, -0.2) is 0 Å². The first kappa shape index (κ1) is 17.6. The number of benzene rings is 2. The first-order valence-electron chi connectivity index (χ1n) is 9.98. The SMILES string of the molecule is CCn1c2ccccc2c2ccc(C3C(C#N)=C(N)OC4=C3C(=O)CCC4)cc21. The van der Waals surface area contributed by atoms with Crippen LogP contribution in [0.5, 0.6) is 0 Å². The minimum Gasteiger partial charge on any atom is -0.444 e. The van der Waals surface area contributed by atoms with Gasteiger partial charge in [0.05, 0.1) is 5.92 Å². The summed E-state index contributed by atoms with van der Waals surface area (Å²) in [4.78, 5) is 12.8. The van der Waals surface area contributed by atoms with Gasteiger partial charge in [-0.15, -0.1) is 0 Å². The van der Waals surface area contributed by atoms with Crippen LogP contribution in [0.25, 0.3) is 21.8 Å². The number of rotatable bonds is 2. The number of hydrogen-bond acceptors (Lipinski definition) is 4. The second-order valence-corrected chi connectivity index (χ2v) is 7.58. The Bertz CT molecular complexity index is 1290. The van der Waals surface area contributed by atoms with Gasteiger partial charge in [-0.1, -0.05) is 30.3 Å². The quantitative estimate of drug-likeness (QED) is 0.700. The maximum Gasteiger partial charge on any atom is 0.205 e. The Labute approximate surface area is 168 Å². The van der Waals surface area contributed by atoms with E-state index in [0.717, 1.165) is 29.4 Å². The van der Waals surface area contributed by atoms with E-state index in [2.05, 4.69) is 41.8 Å².